The molecule has 0 unspecified atom stereocenters. The van der Waals surface area contributed by atoms with Gasteiger partial charge in [0.15, 0.2) is 0 Å². The van der Waals surface area contributed by atoms with Crippen LogP contribution in [0.1, 0.15) is 11.1 Å². The molecule has 0 aliphatic rings. The normalized spacial score (nSPS) is 10.9. The Labute approximate surface area is 105 Å². The van der Waals surface area contributed by atoms with Gasteiger partial charge in [0.25, 0.3) is 0 Å². The molecule has 0 amide bonds. The predicted octanol–water partition coefficient (Wildman–Crippen LogP) is 4.55. The molecule has 2 radical (unpaired) electrons. The average Bonchev–Trinajstić information content (AvgIpc) is 2.30. The summed E-state index contributed by atoms with van der Waals surface area (Å²) >= 11 is 12.0. The van der Waals surface area contributed by atoms with Crippen molar-refractivity contribution in [2.24, 2.45) is 0 Å². The van der Waals surface area contributed by atoms with Crippen molar-refractivity contribution >= 4 is 23.2 Å². The summed E-state index contributed by atoms with van der Waals surface area (Å²) in [5.74, 6) is 0. The highest BCUT2D eigenvalue weighted by atomic mass is 35.5. The van der Waals surface area contributed by atoms with Gasteiger partial charge in [0, 0.05) is 33.3 Å². The zero-order valence-electron chi connectivity index (χ0n) is 8.37. The summed E-state index contributed by atoms with van der Waals surface area (Å²) < 4.78 is 0. The molecular formula is C14H8Cl2. The fraction of sp³-hybridized carbons (Fsp3) is 0. The van der Waals surface area contributed by atoms with E-state index < -0.39 is 0 Å². The van der Waals surface area contributed by atoms with Crippen molar-refractivity contribution in [1.29, 1.82) is 0 Å². The Morgan fingerprint density at radius 2 is 1.00 bits per heavy atom. The van der Waals surface area contributed by atoms with Crippen LogP contribution in [-0.4, -0.2) is 0 Å². The van der Waals surface area contributed by atoms with E-state index in [1.807, 2.05) is 48.5 Å². The van der Waals surface area contributed by atoms with E-state index in [9.17, 15) is 0 Å². The monoisotopic (exact) mass is 246 g/mol. The molecule has 16 heavy (non-hydrogen) atoms. The first-order valence-electron chi connectivity index (χ1n) is 4.78. The minimum absolute atomic E-state index is 0.655. The Bertz CT molecular complexity index is 468. The Balaban J connectivity index is 2.29. The molecular weight excluding hydrogens is 239 g/mol. The molecule has 0 spiro atoms. The zero-order chi connectivity index (χ0) is 11.4. The first-order valence-corrected chi connectivity index (χ1v) is 5.54. The van der Waals surface area contributed by atoms with E-state index >= 15 is 0 Å². The molecule has 0 heterocycles. The molecule has 0 bridgehead atoms. The Morgan fingerprint density at radius 3 is 1.38 bits per heavy atom. The summed E-state index contributed by atoms with van der Waals surface area (Å²) in [7, 11) is 0. The second kappa shape index (κ2) is 5.20. The second-order valence-electron chi connectivity index (χ2n) is 3.21. The van der Waals surface area contributed by atoms with Crippen molar-refractivity contribution in [3.63, 3.8) is 0 Å². The molecule has 0 atom stereocenters. The van der Waals surface area contributed by atoms with Crippen LogP contribution in [0.25, 0.3) is 0 Å². The highest BCUT2D eigenvalue weighted by Crippen LogP contribution is 2.18. The van der Waals surface area contributed by atoms with Crippen molar-refractivity contribution in [1.82, 2.24) is 0 Å². The maximum Gasteiger partial charge on any atom is 0.0484 e. The lowest BCUT2D eigenvalue weighted by atomic mass is 10.1. The van der Waals surface area contributed by atoms with Gasteiger partial charge in [-0.15, -0.1) is 0 Å². The van der Waals surface area contributed by atoms with Crippen LogP contribution in [0.15, 0.2) is 48.5 Å². The van der Waals surface area contributed by atoms with E-state index in [1.165, 1.54) is 0 Å². The third kappa shape index (κ3) is 2.66. The van der Waals surface area contributed by atoms with Gasteiger partial charge in [-0.05, 0) is 12.1 Å². The molecule has 2 heteroatoms. The number of halogens is 2. The van der Waals surface area contributed by atoms with Gasteiger partial charge in [0.2, 0.25) is 0 Å². The van der Waals surface area contributed by atoms with E-state index in [2.05, 4.69) is 12.2 Å². The molecule has 2 aromatic carbocycles. The van der Waals surface area contributed by atoms with Crippen LogP contribution in [0, 0.1) is 12.2 Å². The standard InChI is InChI=1S/C14H8Cl2/c15-13-7-3-1-5-11(13)9-10-12-6-2-4-8-14(12)16/h1-8H. The second-order valence-corrected chi connectivity index (χ2v) is 4.02. The van der Waals surface area contributed by atoms with Gasteiger partial charge in [0.1, 0.15) is 0 Å². The van der Waals surface area contributed by atoms with E-state index in [-0.39, 0.29) is 0 Å². The van der Waals surface area contributed by atoms with E-state index in [4.69, 9.17) is 23.2 Å². The fourth-order valence-electron chi connectivity index (χ4n) is 1.26. The summed E-state index contributed by atoms with van der Waals surface area (Å²) in [5, 5.41) is 1.31. The summed E-state index contributed by atoms with van der Waals surface area (Å²) in [6.45, 7) is 0. The van der Waals surface area contributed by atoms with Crippen LogP contribution in [0.4, 0.5) is 0 Å². The van der Waals surface area contributed by atoms with E-state index in [1.54, 1.807) is 0 Å². The van der Waals surface area contributed by atoms with E-state index in [0.717, 1.165) is 11.1 Å². The van der Waals surface area contributed by atoms with Gasteiger partial charge < -0.3 is 0 Å². The highest BCUT2D eigenvalue weighted by Gasteiger charge is 1.97. The van der Waals surface area contributed by atoms with Crippen LogP contribution < -0.4 is 0 Å². The van der Waals surface area contributed by atoms with Crippen molar-refractivity contribution in [2.45, 2.75) is 0 Å². The highest BCUT2D eigenvalue weighted by molar-refractivity contribution is 6.32. The summed E-state index contributed by atoms with van der Waals surface area (Å²) in [6, 6.07) is 15.0. The molecule has 78 valence electrons. The van der Waals surface area contributed by atoms with E-state index in [0.29, 0.717) is 10.0 Å². The Hall–Kier alpha value is -1.24. The van der Waals surface area contributed by atoms with Crippen LogP contribution >= 0.6 is 23.2 Å². The van der Waals surface area contributed by atoms with Crippen LogP contribution in [0.5, 0.6) is 0 Å². The van der Waals surface area contributed by atoms with Crippen molar-refractivity contribution in [3.8, 4) is 0 Å². The minimum Gasteiger partial charge on any atom is -0.0837 e. The molecule has 0 aliphatic carbocycles. The molecule has 2 aromatic rings. The SMILES string of the molecule is Clc1ccccc1/[C]=[C]/c1ccccc1Cl. The zero-order valence-corrected chi connectivity index (χ0v) is 9.89. The number of rotatable bonds is 2. The molecule has 0 aliphatic heterocycles. The number of hydrogen-bond acceptors (Lipinski definition) is 0. The van der Waals surface area contributed by atoms with Gasteiger partial charge in [-0.1, -0.05) is 59.6 Å². The van der Waals surface area contributed by atoms with Gasteiger partial charge in [-0.3, -0.25) is 0 Å². The third-order valence-corrected chi connectivity index (χ3v) is 2.74. The lowest BCUT2D eigenvalue weighted by molar-refractivity contribution is 1.49. The maximum atomic E-state index is 5.99. The molecule has 0 aromatic heterocycles. The fourth-order valence-corrected chi connectivity index (χ4v) is 1.63. The lowest BCUT2D eigenvalue weighted by Crippen LogP contribution is -1.79. The summed E-state index contributed by atoms with van der Waals surface area (Å²) in [6.07, 6.45) is 6.01. The summed E-state index contributed by atoms with van der Waals surface area (Å²) in [4.78, 5) is 0. The van der Waals surface area contributed by atoms with Crippen LogP contribution in [-0.2, 0) is 0 Å². The molecule has 0 saturated heterocycles. The molecule has 0 saturated carbocycles. The predicted molar refractivity (Wildman–Crippen MR) is 67.6 cm³/mol. The average molecular weight is 247 g/mol. The lowest BCUT2D eigenvalue weighted by Gasteiger charge is -1.97. The quantitative estimate of drug-likeness (QED) is 0.683. The number of hydrogen-bond donors (Lipinski definition) is 0. The third-order valence-electron chi connectivity index (χ3n) is 2.08. The Kier molecular flexibility index (Phi) is 3.66. The maximum absolute atomic E-state index is 5.99. The minimum atomic E-state index is 0.655. The number of benzene rings is 2. The van der Waals surface area contributed by atoms with Crippen LogP contribution in [0.2, 0.25) is 10.0 Å². The molecule has 0 nitrogen and oxygen atoms in total. The molecule has 0 N–H and O–H groups in total. The first kappa shape index (κ1) is 11.3. The van der Waals surface area contributed by atoms with Gasteiger partial charge in [-0.25, -0.2) is 0 Å². The molecule has 2 rings (SSSR count). The van der Waals surface area contributed by atoms with Crippen molar-refractivity contribution in [3.05, 3.63) is 81.9 Å². The Morgan fingerprint density at radius 1 is 0.625 bits per heavy atom. The van der Waals surface area contributed by atoms with Crippen molar-refractivity contribution in [2.75, 3.05) is 0 Å². The van der Waals surface area contributed by atoms with Gasteiger partial charge >= 0.3 is 0 Å². The smallest absolute Gasteiger partial charge is 0.0484 e. The topological polar surface area (TPSA) is 0 Å². The summed E-state index contributed by atoms with van der Waals surface area (Å²) in [5.41, 5.74) is 1.62. The van der Waals surface area contributed by atoms with Crippen LogP contribution in [0.3, 0.4) is 0 Å². The first-order chi connectivity index (χ1) is 7.77. The molecule has 0 fully saturated rings. The van der Waals surface area contributed by atoms with Gasteiger partial charge in [0.05, 0.1) is 0 Å². The largest absolute Gasteiger partial charge is 0.0837 e. The van der Waals surface area contributed by atoms with Gasteiger partial charge in [-0.2, -0.15) is 0 Å². The van der Waals surface area contributed by atoms with Crippen molar-refractivity contribution < 1.29 is 0 Å².